The van der Waals surface area contributed by atoms with Crippen molar-refractivity contribution in [1.29, 1.82) is 0 Å². The summed E-state index contributed by atoms with van der Waals surface area (Å²) in [6.45, 7) is 2.09. The molecule has 0 saturated carbocycles. The Morgan fingerprint density at radius 2 is 2.17 bits per heavy atom. The van der Waals surface area contributed by atoms with Crippen molar-refractivity contribution in [3.8, 4) is 17.2 Å². The van der Waals surface area contributed by atoms with Crippen LogP contribution in [0, 0.1) is 0 Å². The molecule has 23 heavy (non-hydrogen) atoms. The van der Waals surface area contributed by atoms with Gasteiger partial charge in [0.25, 0.3) is 5.75 Å². The van der Waals surface area contributed by atoms with Crippen molar-refractivity contribution < 1.29 is 24.1 Å². The Kier molecular flexibility index (Phi) is 6.05. The van der Waals surface area contributed by atoms with E-state index in [1.807, 2.05) is 0 Å². The van der Waals surface area contributed by atoms with Crippen molar-refractivity contribution in [1.82, 2.24) is 0 Å². The van der Waals surface area contributed by atoms with E-state index in [-0.39, 0.29) is 30.3 Å². The van der Waals surface area contributed by atoms with Gasteiger partial charge in [-0.2, -0.15) is 0 Å². The summed E-state index contributed by atoms with van der Waals surface area (Å²) >= 11 is 0. The molecular formula is C17H20O6. The van der Waals surface area contributed by atoms with Gasteiger partial charge in [-0.1, -0.05) is 13.3 Å². The number of allylic oxidation sites excluding steroid dienone is 1. The highest BCUT2D eigenvalue weighted by Gasteiger charge is 2.15. The Hall–Kier alpha value is -2.47. The van der Waals surface area contributed by atoms with Crippen LogP contribution < -0.4 is 15.1 Å². The standard InChI is InChI=1S/C17H20O6/c1-2-3-4-5-9-22-16-15(19)13-7-6-12(21-10-8-18)11-14(13)23-17(16)20/h5-7,9,11,18-19H,2-4,8,10H2,1H3. The Labute approximate surface area is 133 Å². The molecule has 0 amide bonds. The summed E-state index contributed by atoms with van der Waals surface area (Å²) in [5, 5.41) is 19.3. The number of hydrogen-bond acceptors (Lipinski definition) is 6. The second kappa shape index (κ2) is 8.24. The fourth-order valence-electron chi connectivity index (χ4n) is 2.01. The molecule has 1 heterocycles. The quantitative estimate of drug-likeness (QED) is 0.441. The van der Waals surface area contributed by atoms with Gasteiger partial charge in [0.05, 0.1) is 18.3 Å². The third-order valence-electron chi connectivity index (χ3n) is 3.18. The zero-order valence-corrected chi connectivity index (χ0v) is 12.9. The van der Waals surface area contributed by atoms with Gasteiger partial charge < -0.3 is 24.1 Å². The van der Waals surface area contributed by atoms with Crippen LogP contribution in [-0.2, 0) is 0 Å². The molecule has 0 aliphatic carbocycles. The molecule has 6 nitrogen and oxygen atoms in total. The van der Waals surface area contributed by atoms with E-state index in [1.165, 1.54) is 12.3 Å². The molecule has 0 fully saturated rings. The lowest BCUT2D eigenvalue weighted by Gasteiger charge is -2.07. The third-order valence-corrected chi connectivity index (χ3v) is 3.18. The lowest BCUT2D eigenvalue weighted by molar-refractivity contribution is 0.201. The molecule has 0 spiro atoms. The normalized spacial score (nSPS) is 11.2. The molecular weight excluding hydrogens is 300 g/mol. The molecule has 2 rings (SSSR count). The van der Waals surface area contributed by atoms with E-state index < -0.39 is 5.63 Å². The van der Waals surface area contributed by atoms with Gasteiger partial charge in [0, 0.05) is 6.07 Å². The van der Waals surface area contributed by atoms with Crippen LogP contribution in [0.1, 0.15) is 26.2 Å². The van der Waals surface area contributed by atoms with E-state index in [9.17, 15) is 9.90 Å². The fourth-order valence-corrected chi connectivity index (χ4v) is 2.01. The summed E-state index contributed by atoms with van der Waals surface area (Å²) in [5.41, 5.74) is -0.584. The van der Waals surface area contributed by atoms with E-state index in [4.69, 9.17) is 19.0 Å². The number of unbranched alkanes of at least 4 members (excludes halogenated alkanes) is 2. The van der Waals surface area contributed by atoms with Crippen LogP contribution in [-0.4, -0.2) is 23.4 Å². The summed E-state index contributed by atoms with van der Waals surface area (Å²) in [6, 6.07) is 4.65. The third kappa shape index (κ3) is 4.26. The number of hydrogen-bond donors (Lipinski definition) is 2. The Balaban J connectivity index is 2.26. The first-order valence-corrected chi connectivity index (χ1v) is 7.52. The van der Waals surface area contributed by atoms with Gasteiger partial charge in [-0.25, -0.2) is 4.79 Å². The molecule has 0 unspecified atom stereocenters. The van der Waals surface area contributed by atoms with Gasteiger partial charge in [0.15, 0.2) is 5.75 Å². The van der Waals surface area contributed by atoms with E-state index in [0.29, 0.717) is 11.1 Å². The number of aliphatic hydroxyl groups excluding tert-OH is 1. The number of aliphatic hydroxyl groups is 1. The first-order valence-electron chi connectivity index (χ1n) is 7.52. The van der Waals surface area contributed by atoms with E-state index >= 15 is 0 Å². The van der Waals surface area contributed by atoms with E-state index in [2.05, 4.69) is 6.92 Å². The van der Waals surface area contributed by atoms with Crippen molar-refractivity contribution in [3.63, 3.8) is 0 Å². The molecule has 0 aliphatic rings. The van der Waals surface area contributed by atoms with Crippen LogP contribution in [0.25, 0.3) is 11.0 Å². The minimum absolute atomic E-state index is 0.121. The Morgan fingerprint density at radius 3 is 2.91 bits per heavy atom. The van der Waals surface area contributed by atoms with Crippen LogP contribution in [0.3, 0.4) is 0 Å². The first-order chi connectivity index (χ1) is 11.2. The summed E-state index contributed by atoms with van der Waals surface area (Å²) in [5.74, 6) is -0.0818. The number of ether oxygens (including phenoxy) is 2. The van der Waals surface area contributed by atoms with Crippen molar-refractivity contribution in [2.75, 3.05) is 13.2 Å². The largest absolute Gasteiger partial charge is 0.504 e. The smallest absolute Gasteiger partial charge is 0.383 e. The topological polar surface area (TPSA) is 89.1 Å². The van der Waals surface area contributed by atoms with Gasteiger partial charge >= 0.3 is 5.63 Å². The van der Waals surface area contributed by atoms with Gasteiger partial charge in [-0.05, 0) is 31.1 Å². The molecule has 2 N–H and O–H groups in total. The van der Waals surface area contributed by atoms with Gasteiger partial charge in [0.1, 0.15) is 17.9 Å². The molecule has 0 radical (unpaired) electrons. The van der Waals surface area contributed by atoms with Gasteiger partial charge in [0.2, 0.25) is 0 Å². The minimum atomic E-state index is -0.769. The summed E-state index contributed by atoms with van der Waals surface area (Å²) < 4.78 is 15.6. The minimum Gasteiger partial charge on any atom is -0.504 e. The van der Waals surface area contributed by atoms with Crippen LogP contribution in [0.5, 0.6) is 17.2 Å². The summed E-state index contributed by atoms with van der Waals surface area (Å²) in [7, 11) is 0. The SMILES string of the molecule is CCCCC=COc1c(O)c2ccc(OCCO)cc2oc1=O. The molecule has 2 aromatic rings. The average Bonchev–Trinajstić information content (AvgIpc) is 2.55. The second-order valence-corrected chi connectivity index (χ2v) is 4.93. The average molecular weight is 320 g/mol. The van der Waals surface area contributed by atoms with Gasteiger partial charge in [-0.3, -0.25) is 0 Å². The Bertz CT molecular complexity index is 732. The number of benzene rings is 1. The predicted molar refractivity (Wildman–Crippen MR) is 86.0 cm³/mol. The highest BCUT2D eigenvalue weighted by Crippen LogP contribution is 2.33. The van der Waals surface area contributed by atoms with Crippen molar-refractivity contribution in [2.24, 2.45) is 0 Å². The predicted octanol–water partition coefficient (Wildman–Crippen LogP) is 2.95. The first kappa shape index (κ1) is 16.9. The molecule has 0 bridgehead atoms. The maximum Gasteiger partial charge on any atom is 0.383 e. The van der Waals surface area contributed by atoms with Gasteiger partial charge in [-0.15, -0.1) is 0 Å². The monoisotopic (exact) mass is 320 g/mol. The van der Waals surface area contributed by atoms with Crippen LogP contribution in [0.4, 0.5) is 0 Å². The van der Waals surface area contributed by atoms with E-state index in [0.717, 1.165) is 19.3 Å². The molecule has 0 aliphatic heterocycles. The molecule has 6 heteroatoms. The van der Waals surface area contributed by atoms with Crippen molar-refractivity contribution >= 4 is 11.0 Å². The summed E-state index contributed by atoms with van der Waals surface area (Å²) in [4.78, 5) is 11.9. The molecule has 0 saturated heterocycles. The highest BCUT2D eigenvalue weighted by atomic mass is 16.5. The zero-order valence-electron chi connectivity index (χ0n) is 12.9. The van der Waals surface area contributed by atoms with Crippen molar-refractivity contribution in [2.45, 2.75) is 26.2 Å². The maximum atomic E-state index is 11.9. The number of fused-ring (bicyclic) bond motifs is 1. The lowest BCUT2D eigenvalue weighted by Crippen LogP contribution is -2.04. The summed E-state index contributed by atoms with van der Waals surface area (Å²) in [6.07, 6.45) is 6.09. The fraction of sp³-hybridized carbons (Fsp3) is 0.353. The van der Waals surface area contributed by atoms with Crippen LogP contribution >= 0.6 is 0 Å². The molecule has 1 aromatic heterocycles. The lowest BCUT2D eigenvalue weighted by atomic mass is 10.2. The van der Waals surface area contributed by atoms with E-state index in [1.54, 1.807) is 18.2 Å². The number of aromatic hydroxyl groups is 1. The molecule has 0 atom stereocenters. The highest BCUT2D eigenvalue weighted by molar-refractivity contribution is 5.86. The van der Waals surface area contributed by atoms with Crippen LogP contribution in [0.15, 0.2) is 39.7 Å². The number of rotatable bonds is 8. The second-order valence-electron chi connectivity index (χ2n) is 4.93. The zero-order chi connectivity index (χ0) is 16.7. The Morgan fingerprint density at radius 1 is 1.35 bits per heavy atom. The molecule has 1 aromatic carbocycles. The molecule has 124 valence electrons. The van der Waals surface area contributed by atoms with Crippen molar-refractivity contribution in [3.05, 3.63) is 41.0 Å². The maximum absolute atomic E-state index is 11.9. The van der Waals surface area contributed by atoms with Crippen LogP contribution in [0.2, 0.25) is 0 Å².